The second-order valence-corrected chi connectivity index (χ2v) is 7.99. The predicted molar refractivity (Wildman–Crippen MR) is 107 cm³/mol. The topological polar surface area (TPSA) is 62.3 Å². The third-order valence-electron chi connectivity index (χ3n) is 4.38. The van der Waals surface area contributed by atoms with Crippen LogP contribution in [0.5, 0.6) is 0 Å². The van der Waals surface area contributed by atoms with Gasteiger partial charge >= 0.3 is 0 Å². The monoisotopic (exact) mass is 383 g/mol. The van der Waals surface area contributed by atoms with Crippen LogP contribution in [0.2, 0.25) is 0 Å². The van der Waals surface area contributed by atoms with Crippen LogP contribution in [0.1, 0.15) is 6.42 Å². The molecule has 1 saturated heterocycles. The first-order chi connectivity index (χ1) is 12.6. The van der Waals surface area contributed by atoms with Gasteiger partial charge in [0.15, 0.2) is 5.13 Å². The van der Waals surface area contributed by atoms with Gasteiger partial charge < -0.3 is 10.2 Å². The molecule has 0 bridgehead atoms. The van der Waals surface area contributed by atoms with Crippen LogP contribution < -0.4 is 10.2 Å². The summed E-state index contributed by atoms with van der Waals surface area (Å²) in [6.45, 7) is 0.396. The minimum atomic E-state index is -0.368. The number of carbonyl (C=O) groups excluding carboxylic acids is 2. The van der Waals surface area contributed by atoms with Gasteiger partial charge in [0.05, 0.1) is 16.1 Å². The number of nitrogens with one attached hydrogen (secondary N) is 1. The Morgan fingerprint density at radius 2 is 2.12 bits per heavy atom. The predicted octanol–water partition coefficient (Wildman–Crippen LogP) is 4.01. The number of benzene rings is 2. The first kappa shape index (κ1) is 17.1. The number of hydrogen-bond donors (Lipinski definition) is 1. The van der Waals surface area contributed by atoms with E-state index in [4.69, 9.17) is 0 Å². The Balaban J connectivity index is 1.48. The standard InChI is InChI=1S/C19H17N3O2S2/c1-25-14-6-4-5-13(10-14)22-11-12(9-17(22)23)18(24)21-19-20-15-7-2-3-8-16(15)26-19/h2-8,10,12H,9,11H2,1H3,(H,20,21,24)/t12-/m1/s1. The lowest BCUT2D eigenvalue weighted by Gasteiger charge is -2.17. The van der Waals surface area contributed by atoms with Gasteiger partial charge in [0.1, 0.15) is 0 Å². The smallest absolute Gasteiger partial charge is 0.231 e. The number of para-hydroxylation sites is 1. The van der Waals surface area contributed by atoms with Crippen LogP contribution in [0, 0.1) is 5.92 Å². The summed E-state index contributed by atoms with van der Waals surface area (Å²) in [5.41, 5.74) is 1.71. The molecule has 2 aromatic carbocycles. The zero-order chi connectivity index (χ0) is 18.1. The maximum absolute atomic E-state index is 12.6. The van der Waals surface area contributed by atoms with Crippen molar-refractivity contribution in [3.63, 3.8) is 0 Å². The number of fused-ring (bicyclic) bond motifs is 1. The molecule has 26 heavy (non-hydrogen) atoms. The molecule has 0 spiro atoms. The SMILES string of the molecule is CSc1cccc(N2C[C@H](C(=O)Nc3nc4ccccc4s3)CC2=O)c1. The normalized spacial score (nSPS) is 17.0. The fourth-order valence-corrected chi connectivity index (χ4v) is 4.37. The molecule has 1 aromatic heterocycles. The summed E-state index contributed by atoms with van der Waals surface area (Å²) in [7, 11) is 0. The van der Waals surface area contributed by atoms with E-state index in [0.29, 0.717) is 11.7 Å². The third kappa shape index (κ3) is 3.32. The molecule has 0 radical (unpaired) electrons. The Kier molecular flexibility index (Phi) is 4.65. The molecule has 1 fully saturated rings. The lowest BCUT2D eigenvalue weighted by molar-refractivity contribution is -0.122. The average molecular weight is 383 g/mol. The van der Waals surface area contributed by atoms with E-state index in [2.05, 4.69) is 10.3 Å². The second-order valence-electron chi connectivity index (χ2n) is 6.08. The first-order valence-electron chi connectivity index (χ1n) is 8.25. The van der Waals surface area contributed by atoms with Crippen LogP contribution >= 0.6 is 23.1 Å². The van der Waals surface area contributed by atoms with Crippen molar-refractivity contribution >= 4 is 55.9 Å². The maximum atomic E-state index is 12.6. The van der Waals surface area contributed by atoms with Gasteiger partial charge in [0, 0.05) is 23.5 Å². The zero-order valence-electron chi connectivity index (χ0n) is 14.1. The van der Waals surface area contributed by atoms with Crippen molar-refractivity contribution in [1.82, 2.24) is 4.98 Å². The van der Waals surface area contributed by atoms with Crippen molar-refractivity contribution in [3.05, 3.63) is 48.5 Å². The molecule has 0 unspecified atom stereocenters. The first-order valence-corrected chi connectivity index (χ1v) is 10.3. The minimum absolute atomic E-state index is 0.0206. The van der Waals surface area contributed by atoms with E-state index in [0.717, 1.165) is 20.8 Å². The number of anilines is 2. The highest BCUT2D eigenvalue weighted by Crippen LogP contribution is 2.30. The molecule has 1 aliphatic heterocycles. The Hall–Kier alpha value is -2.38. The summed E-state index contributed by atoms with van der Waals surface area (Å²) in [6.07, 6.45) is 2.22. The Morgan fingerprint density at radius 1 is 1.27 bits per heavy atom. The minimum Gasteiger partial charge on any atom is -0.312 e. The van der Waals surface area contributed by atoms with Crippen molar-refractivity contribution < 1.29 is 9.59 Å². The van der Waals surface area contributed by atoms with Crippen LogP contribution in [-0.2, 0) is 9.59 Å². The zero-order valence-corrected chi connectivity index (χ0v) is 15.8. The van der Waals surface area contributed by atoms with E-state index in [9.17, 15) is 9.59 Å². The van der Waals surface area contributed by atoms with Gasteiger partial charge in [-0.1, -0.05) is 29.5 Å². The number of aromatic nitrogens is 1. The molecule has 5 nitrogen and oxygen atoms in total. The van der Waals surface area contributed by atoms with E-state index in [1.54, 1.807) is 16.7 Å². The van der Waals surface area contributed by atoms with E-state index < -0.39 is 0 Å². The van der Waals surface area contributed by atoms with E-state index >= 15 is 0 Å². The molecule has 4 rings (SSSR count). The van der Waals surface area contributed by atoms with Crippen molar-refractivity contribution in [2.75, 3.05) is 23.0 Å². The van der Waals surface area contributed by atoms with Gasteiger partial charge in [-0.2, -0.15) is 0 Å². The maximum Gasteiger partial charge on any atom is 0.231 e. The highest BCUT2D eigenvalue weighted by molar-refractivity contribution is 7.98. The molecular formula is C19H17N3O2S2. The molecule has 0 aliphatic carbocycles. The lowest BCUT2D eigenvalue weighted by atomic mass is 10.1. The van der Waals surface area contributed by atoms with Gasteiger partial charge in [0.25, 0.3) is 0 Å². The molecule has 7 heteroatoms. The van der Waals surface area contributed by atoms with Crippen LogP contribution in [0.3, 0.4) is 0 Å². The number of nitrogens with zero attached hydrogens (tertiary/aromatic N) is 2. The number of hydrogen-bond acceptors (Lipinski definition) is 5. The average Bonchev–Trinajstić information content (AvgIpc) is 3.24. The van der Waals surface area contributed by atoms with Gasteiger partial charge in [-0.25, -0.2) is 4.98 Å². The number of amides is 2. The summed E-state index contributed by atoms with van der Waals surface area (Å²) in [5, 5.41) is 3.45. The summed E-state index contributed by atoms with van der Waals surface area (Å²) >= 11 is 3.07. The second kappa shape index (κ2) is 7.09. The molecule has 132 valence electrons. The van der Waals surface area contributed by atoms with Crippen LogP contribution in [-0.4, -0.2) is 29.6 Å². The molecule has 1 aliphatic rings. The summed E-state index contributed by atoms with van der Waals surface area (Å²) < 4.78 is 1.03. The van der Waals surface area contributed by atoms with Gasteiger partial charge in [-0.15, -0.1) is 11.8 Å². The molecule has 1 N–H and O–H groups in total. The van der Waals surface area contributed by atoms with Crippen LogP contribution in [0.4, 0.5) is 10.8 Å². The van der Waals surface area contributed by atoms with Gasteiger partial charge in [-0.05, 0) is 36.6 Å². The molecule has 0 saturated carbocycles. The number of thioether (sulfide) groups is 1. The van der Waals surface area contributed by atoms with Crippen molar-refractivity contribution in [3.8, 4) is 0 Å². The third-order valence-corrected chi connectivity index (χ3v) is 6.06. The van der Waals surface area contributed by atoms with Crippen molar-refractivity contribution in [1.29, 1.82) is 0 Å². The summed E-state index contributed by atoms with van der Waals surface area (Å²) in [5.74, 6) is -0.541. The Labute approximate surface area is 159 Å². The quantitative estimate of drug-likeness (QED) is 0.692. The van der Waals surface area contributed by atoms with E-state index in [1.807, 2.05) is 54.8 Å². The molecule has 2 amide bonds. The fourth-order valence-electron chi connectivity index (χ4n) is 3.04. The largest absolute Gasteiger partial charge is 0.312 e. The molecular weight excluding hydrogens is 366 g/mol. The Morgan fingerprint density at radius 3 is 2.92 bits per heavy atom. The van der Waals surface area contributed by atoms with Gasteiger partial charge in [0.2, 0.25) is 11.8 Å². The number of thiazole rings is 1. The van der Waals surface area contributed by atoms with Gasteiger partial charge in [-0.3, -0.25) is 9.59 Å². The number of carbonyl (C=O) groups is 2. The number of rotatable bonds is 4. The molecule has 1 atom stereocenters. The van der Waals surface area contributed by atoms with Crippen molar-refractivity contribution in [2.24, 2.45) is 5.92 Å². The summed E-state index contributed by atoms with van der Waals surface area (Å²) in [4.78, 5) is 32.2. The fraction of sp³-hybridized carbons (Fsp3) is 0.211. The van der Waals surface area contributed by atoms with E-state index in [1.165, 1.54) is 11.3 Å². The summed E-state index contributed by atoms with van der Waals surface area (Å²) in [6, 6.07) is 15.6. The van der Waals surface area contributed by atoms with E-state index in [-0.39, 0.29) is 24.2 Å². The highest BCUT2D eigenvalue weighted by Gasteiger charge is 2.35. The van der Waals surface area contributed by atoms with Crippen LogP contribution in [0.25, 0.3) is 10.2 Å². The van der Waals surface area contributed by atoms with Crippen LogP contribution in [0.15, 0.2) is 53.4 Å². The molecule has 3 aromatic rings. The Bertz CT molecular complexity index is 953. The van der Waals surface area contributed by atoms with Crippen molar-refractivity contribution in [2.45, 2.75) is 11.3 Å². The molecule has 2 heterocycles. The highest BCUT2D eigenvalue weighted by atomic mass is 32.2. The lowest BCUT2D eigenvalue weighted by Crippen LogP contribution is -2.28.